The number of hydrogen-bond donors (Lipinski definition) is 0. The van der Waals surface area contributed by atoms with Gasteiger partial charge in [-0.25, -0.2) is 0 Å². The first kappa shape index (κ1) is 14.5. The molecule has 0 saturated heterocycles. The first-order valence-corrected chi connectivity index (χ1v) is 7.01. The van der Waals surface area contributed by atoms with Crippen molar-refractivity contribution >= 4 is 33.4 Å². The van der Waals surface area contributed by atoms with Crippen molar-refractivity contribution in [2.75, 3.05) is 13.1 Å². The number of rotatable bonds is 5. The molecule has 0 bridgehead atoms. The van der Waals surface area contributed by atoms with E-state index in [1.54, 1.807) is 18.2 Å². The summed E-state index contributed by atoms with van der Waals surface area (Å²) in [6, 6.07) is 5.29. The normalized spacial score (nSPS) is 10.4. The minimum Gasteiger partial charge on any atom is -0.339 e. The van der Waals surface area contributed by atoms with Gasteiger partial charge in [0, 0.05) is 23.1 Å². The highest BCUT2D eigenvalue weighted by Gasteiger charge is 2.14. The summed E-state index contributed by atoms with van der Waals surface area (Å²) in [6.45, 7) is 5.67. The highest BCUT2D eigenvalue weighted by Crippen LogP contribution is 2.23. The Balaban J connectivity index is 2.82. The van der Waals surface area contributed by atoms with E-state index in [0.29, 0.717) is 10.6 Å². The Labute approximate surface area is 116 Å². The highest BCUT2D eigenvalue weighted by molar-refractivity contribution is 9.10. The molecule has 0 aliphatic carbocycles. The monoisotopic (exact) mass is 317 g/mol. The van der Waals surface area contributed by atoms with Crippen molar-refractivity contribution in [3.05, 3.63) is 33.3 Å². The standard InChI is InChI=1S/C13H17BrClNO/c1-3-5-8-16(4-2)13(17)10-6-7-12(15)11(14)9-10/h6-7,9H,3-5,8H2,1-2H3. The van der Waals surface area contributed by atoms with Crippen molar-refractivity contribution in [3.8, 4) is 0 Å². The quantitative estimate of drug-likeness (QED) is 0.789. The predicted octanol–water partition coefficient (Wildman–Crippen LogP) is 4.36. The molecule has 0 heterocycles. The average molecular weight is 319 g/mol. The largest absolute Gasteiger partial charge is 0.339 e. The lowest BCUT2D eigenvalue weighted by Gasteiger charge is -2.20. The highest BCUT2D eigenvalue weighted by atomic mass is 79.9. The number of unbranched alkanes of at least 4 members (excludes halogenated alkanes) is 1. The second kappa shape index (κ2) is 7.02. The lowest BCUT2D eigenvalue weighted by atomic mass is 10.2. The van der Waals surface area contributed by atoms with Gasteiger partial charge in [0.1, 0.15) is 0 Å². The fraction of sp³-hybridized carbons (Fsp3) is 0.462. The van der Waals surface area contributed by atoms with Gasteiger partial charge in [-0.2, -0.15) is 0 Å². The number of carbonyl (C=O) groups excluding carboxylic acids is 1. The van der Waals surface area contributed by atoms with E-state index >= 15 is 0 Å². The van der Waals surface area contributed by atoms with E-state index in [-0.39, 0.29) is 5.91 Å². The SMILES string of the molecule is CCCCN(CC)C(=O)c1ccc(Cl)c(Br)c1. The number of nitrogens with zero attached hydrogens (tertiary/aromatic N) is 1. The van der Waals surface area contributed by atoms with Gasteiger partial charge >= 0.3 is 0 Å². The van der Waals surface area contributed by atoms with Crippen LogP contribution in [0.4, 0.5) is 0 Å². The van der Waals surface area contributed by atoms with Gasteiger partial charge in [0.25, 0.3) is 5.91 Å². The topological polar surface area (TPSA) is 20.3 Å². The van der Waals surface area contributed by atoms with Gasteiger partial charge < -0.3 is 4.90 Å². The molecule has 1 aromatic rings. The molecule has 1 rings (SSSR count). The van der Waals surface area contributed by atoms with Gasteiger partial charge in [-0.15, -0.1) is 0 Å². The molecule has 0 aliphatic rings. The molecule has 0 unspecified atom stereocenters. The average Bonchev–Trinajstić information content (AvgIpc) is 2.33. The van der Waals surface area contributed by atoms with Crippen LogP contribution in [0, 0.1) is 0 Å². The molecule has 1 amide bonds. The zero-order chi connectivity index (χ0) is 12.8. The maximum absolute atomic E-state index is 12.2. The Hall–Kier alpha value is -0.540. The second-order valence-corrected chi connectivity index (χ2v) is 5.13. The maximum Gasteiger partial charge on any atom is 0.253 e. The van der Waals surface area contributed by atoms with Crippen molar-refractivity contribution in [1.82, 2.24) is 4.90 Å². The molecule has 0 N–H and O–H groups in total. The molecule has 0 aliphatic heterocycles. The fourth-order valence-electron chi connectivity index (χ4n) is 1.56. The Morgan fingerprint density at radius 3 is 2.65 bits per heavy atom. The number of hydrogen-bond acceptors (Lipinski definition) is 1. The van der Waals surface area contributed by atoms with Gasteiger partial charge in [0.15, 0.2) is 0 Å². The van der Waals surface area contributed by atoms with E-state index in [1.165, 1.54) is 0 Å². The first-order valence-electron chi connectivity index (χ1n) is 5.84. The Bertz CT molecular complexity index is 395. The molecule has 0 atom stereocenters. The summed E-state index contributed by atoms with van der Waals surface area (Å²) >= 11 is 9.25. The van der Waals surface area contributed by atoms with E-state index in [0.717, 1.165) is 30.4 Å². The van der Waals surface area contributed by atoms with Crippen molar-refractivity contribution in [2.24, 2.45) is 0 Å². The molecule has 0 spiro atoms. The van der Waals surface area contributed by atoms with Crippen LogP contribution in [0.2, 0.25) is 5.02 Å². The summed E-state index contributed by atoms with van der Waals surface area (Å²) in [5.74, 6) is 0.0679. The Morgan fingerprint density at radius 1 is 1.41 bits per heavy atom. The summed E-state index contributed by atoms with van der Waals surface area (Å²) in [7, 11) is 0. The minimum absolute atomic E-state index is 0.0679. The molecule has 0 fully saturated rings. The first-order chi connectivity index (χ1) is 8.10. The van der Waals surface area contributed by atoms with Gasteiger partial charge in [0.05, 0.1) is 5.02 Å². The van der Waals surface area contributed by atoms with E-state index in [2.05, 4.69) is 22.9 Å². The predicted molar refractivity (Wildman–Crippen MR) is 75.6 cm³/mol. The van der Waals surface area contributed by atoms with Crippen molar-refractivity contribution in [3.63, 3.8) is 0 Å². The summed E-state index contributed by atoms with van der Waals surface area (Å²) < 4.78 is 0.761. The van der Waals surface area contributed by atoms with Crippen molar-refractivity contribution in [1.29, 1.82) is 0 Å². The van der Waals surface area contributed by atoms with Crippen LogP contribution in [0.15, 0.2) is 22.7 Å². The Morgan fingerprint density at radius 2 is 2.12 bits per heavy atom. The fourth-order valence-corrected chi connectivity index (χ4v) is 2.06. The van der Waals surface area contributed by atoms with Crippen LogP contribution in [0.3, 0.4) is 0 Å². The second-order valence-electron chi connectivity index (χ2n) is 3.87. The number of halogens is 2. The van der Waals surface area contributed by atoms with Crippen molar-refractivity contribution in [2.45, 2.75) is 26.7 Å². The van der Waals surface area contributed by atoms with Gasteiger partial charge in [0.2, 0.25) is 0 Å². The molecule has 94 valence electrons. The van der Waals surface area contributed by atoms with Crippen LogP contribution >= 0.6 is 27.5 Å². The third-order valence-corrected chi connectivity index (χ3v) is 3.83. The van der Waals surface area contributed by atoms with Gasteiger partial charge in [-0.1, -0.05) is 24.9 Å². The van der Waals surface area contributed by atoms with Crippen LogP contribution in [-0.2, 0) is 0 Å². The number of carbonyl (C=O) groups is 1. The lowest BCUT2D eigenvalue weighted by Crippen LogP contribution is -2.31. The number of benzene rings is 1. The van der Waals surface area contributed by atoms with Crippen LogP contribution < -0.4 is 0 Å². The Kier molecular flexibility index (Phi) is 6.00. The zero-order valence-corrected chi connectivity index (χ0v) is 12.5. The smallest absolute Gasteiger partial charge is 0.253 e. The van der Waals surface area contributed by atoms with Crippen LogP contribution in [0.5, 0.6) is 0 Å². The van der Waals surface area contributed by atoms with Crippen molar-refractivity contribution < 1.29 is 4.79 Å². The van der Waals surface area contributed by atoms with Gasteiger partial charge in [-0.05, 0) is 47.5 Å². The third kappa shape index (κ3) is 4.00. The van der Waals surface area contributed by atoms with E-state index < -0.39 is 0 Å². The molecule has 2 nitrogen and oxygen atoms in total. The van der Waals surface area contributed by atoms with Crippen LogP contribution in [0.1, 0.15) is 37.0 Å². The van der Waals surface area contributed by atoms with E-state index in [1.807, 2.05) is 11.8 Å². The van der Waals surface area contributed by atoms with Crippen LogP contribution in [-0.4, -0.2) is 23.9 Å². The van der Waals surface area contributed by atoms with Crippen LogP contribution in [0.25, 0.3) is 0 Å². The zero-order valence-electron chi connectivity index (χ0n) is 10.2. The molecule has 0 radical (unpaired) electrons. The van der Waals surface area contributed by atoms with E-state index in [9.17, 15) is 4.79 Å². The lowest BCUT2D eigenvalue weighted by molar-refractivity contribution is 0.0762. The molecule has 0 saturated carbocycles. The number of amides is 1. The molecular formula is C13H17BrClNO. The van der Waals surface area contributed by atoms with E-state index in [4.69, 9.17) is 11.6 Å². The molecule has 1 aromatic carbocycles. The molecule has 0 aromatic heterocycles. The minimum atomic E-state index is 0.0679. The molecule has 17 heavy (non-hydrogen) atoms. The summed E-state index contributed by atoms with van der Waals surface area (Å²) in [4.78, 5) is 14.1. The maximum atomic E-state index is 12.2. The summed E-state index contributed by atoms with van der Waals surface area (Å²) in [6.07, 6.45) is 2.13. The molecule has 4 heteroatoms. The third-order valence-electron chi connectivity index (χ3n) is 2.62. The van der Waals surface area contributed by atoms with Gasteiger partial charge in [-0.3, -0.25) is 4.79 Å². The summed E-state index contributed by atoms with van der Waals surface area (Å²) in [5, 5.41) is 0.623. The summed E-state index contributed by atoms with van der Waals surface area (Å²) in [5.41, 5.74) is 0.680. The molecular weight excluding hydrogens is 302 g/mol.